The number of rotatable bonds is 3. The van der Waals surface area contributed by atoms with Crippen molar-refractivity contribution in [3.05, 3.63) is 65.2 Å². The molecular weight excluding hydrogens is 373 g/mol. The lowest BCUT2D eigenvalue weighted by molar-refractivity contribution is -0.137. The van der Waals surface area contributed by atoms with Crippen molar-refractivity contribution >= 4 is 17.5 Å². The van der Waals surface area contributed by atoms with Gasteiger partial charge in [0.15, 0.2) is 0 Å². The third-order valence-electron chi connectivity index (χ3n) is 4.75. The van der Waals surface area contributed by atoms with Gasteiger partial charge in [-0.15, -0.1) is 0 Å². The number of anilines is 1. The van der Waals surface area contributed by atoms with E-state index >= 15 is 0 Å². The average Bonchev–Trinajstić information content (AvgIpc) is 2.65. The smallest absolute Gasteiger partial charge is 0.388 e. The molecule has 2 aromatic rings. The fraction of sp³-hybridized carbons (Fsp3) is 0.300. The van der Waals surface area contributed by atoms with Crippen LogP contribution in [-0.2, 0) is 28.6 Å². The van der Waals surface area contributed by atoms with E-state index in [0.717, 1.165) is 35.4 Å². The highest BCUT2D eigenvalue weighted by Crippen LogP contribution is 2.30. The molecule has 2 amide bonds. The normalized spacial score (nSPS) is 18.9. The van der Waals surface area contributed by atoms with Gasteiger partial charge in [-0.25, -0.2) is 0 Å². The summed E-state index contributed by atoms with van der Waals surface area (Å²) < 4.78 is 37.6. The molecule has 0 saturated heterocycles. The SMILES string of the molecule is O=C(NCC1(O)CCc2ccccc2C1)C(=O)Nc1ccc(C(F)(F)F)cc1. The summed E-state index contributed by atoms with van der Waals surface area (Å²) in [6, 6.07) is 11.5. The maximum absolute atomic E-state index is 12.5. The second-order valence-corrected chi connectivity index (χ2v) is 6.88. The molecule has 0 spiro atoms. The number of halogens is 3. The van der Waals surface area contributed by atoms with E-state index in [1.54, 1.807) is 0 Å². The van der Waals surface area contributed by atoms with Gasteiger partial charge in [-0.3, -0.25) is 9.59 Å². The number of carbonyl (C=O) groups excluding carboxylic acids is 2. The number of amides is 2. The van der Waals surface area contributed by atoms with Crippen molar-refractivity contribution in [2.24, 2.45) is 0 Å². The highest BCUT2D eigenvalue weighted by Gasteiger charge is 2.33. The first-order valence-electron chi connectivity index (χ1n) is 8.72. The monoisotopic (exact) mass is 392 g/mol. The molecule has 1 atom stereocenters. The van der Waals surface area contributed by atoms with E-state index in [1.165, 1.54) is 0 Å². The van der Waals surface area contributed by atoms with Gasteiger partial charge in [0.2, 0.25) is 0 Å². The van der Waals surface area contributed by atoms with Crippen LogP contribution >= 0.6 is 0 Å². The molecule has 0 heterocycles. The molecule has 0 bridgehead atoms. The van der Waals surface area contributed by atoms with Crippen molar-refractivity contribution < 1.29 is 27.9 Å². The number of aliphatic hydroxyl groups is 1. The van der Waals surface area contributed by atoms with E-state index < -0.39 is 29.2 Å². The summed E-state index contributed by atoms with van der Waals surface area (Å²) in [5.74, 6) is -1.98. The van der Waals surface area contributed by atoms with Crippen molar-refractivity contribution in [3.8, 4) is 0 Å². The zero-order chi connectivity index (χ0) is 20.4. The van der Waals surface area contributed by atoms with Gasteiger partial charge < -0.3 is 15.7 Å². The number of nitrogens with one attached hydrogen (secondary N) is 2. The number of alkyl halides is 3. The van der Waals surface area contributed by atoms with Gasteiger partial charge >= 0.3 is 18.0 Å². The van der Waals surface area contributed by atoms with E-state index in [2.05, 4.69) is 10.6 Å². The third kappa shape index (κ3) is 4.69. The Morgan fingerprint density at radius 1 is 1.00 bits per heavy atom. The van der Waals surface area contributed by atoms with Crippen LogP contribution in [0.4, 0.5) is 18.9 Å². The van der Waals surface area contributed by atoms with Gasteiger partial charge in [-0.1, -0.05) is 24.3 Å². The van der Waals surface area contributed by atoms with Crippen molar-refractivity contribution in [1.82, 2.24) is 5.32 Å². The summed E-state index contributed by atoms with van der Waals surface area (Å²) in [7, 11) is 0. The van der Waals surface area contributed by atoms with Gasteiger partial charge in [0.05, 0.1) is 11.2 Å². The Hall–Kier alpha value is -2.87. The van der Waals surface area contributed by atoms with Crippen LogP contribution in [0.3, 0.4) is 0 Å². The molecule has 3 rings (SSSR count). The highest BCUT2D eigenvalue weighted by molar-refractivity contribution is 6.39. The quantitative estimate of drug-likeness (QED) is 0.703. The second kappa shape index (κ2) is 7.63. The summed E-state index contributed by atoms with van der Waals surface area (Å²) in [4.78, 5) is 23.9. The van der Waals surface area contributed by atoms with Gasteiger partial charge in [0, 0.05) is 18.7 Å². The van der Waals surface area contributed by atoms with Crippen molar-refractivity contribution in [3.63, 3.8) is 0 Å². The molecule has 0 saturated carbocycles. The van der Waals surface area contributed by atoms with Crippen molar-refractivity contribution in [2.75, 3.05) is 11.9 Å². The molecule has 148 valence electrons. The Bertz CT molecular complexity index is 881. The minimum atomic E-state index is -4.48. The van der Waals surface area contributed by atoms with E-state index in [0.29, 0.717) is 19.3 Å². The van der Waals surface area contributed by atoms with Crippen LogP contribution in [0.1, 0.15) is 23.1 Å². The lowest BCUT2D eigenvalue weighted by atomic mass is 9.80. The lowest BCUT2D eigenvalue weighted by Crippen LogP contribution is -2.49. The highest BCUT2D eigenvalue weighted by atomic mass is 19.4. The molecule has 0 aromatic heterocycles. The maximum atomic E-state index is 12.5. The van der Waals surface area contributed by atoms with Crippen LogP contribution in [-0.4, -0.2) is 29.1 Å². The fourth-order valence-electron chi connectivity index (χ4n) is 3.19. The number of aryl methyl sites for hydroxylation is 1. The van der Waals surface area contributed by atoms with Crippen LogP contribution in [0.5, 0.6) is 0 Å². The number of hydrogen-bond acceptors (Lipinski definition) is 3. The molecule has 8 heteroatoms. The molecule has 0 aliphatic heterocycles. The number of benzene rings is 2. The zero-order valence-electron chi connectivity index (χ0n) is 14.8. The summed E-state index contributed by atoms with van der Waals surface area (Å²) in [5.41, 5.74) is 0.213. The van der Waals surface area contributed by atoms with Crippen LogP contribution < -0.4 is 10.6 Å². The van der Waals surface area contributed by atoms with Crippen LogP contribution in [0, 0.1) is 0 Å². The molecule has 5 nitrogen and oxygen atoms in total. The Kier molecular flexibility index (Phi) is 5.42. The zero-order valence-corrected chi connectivity index (χ0v) is 14.8. The van der Waals surface area contributed by atoms with Crippen LogP contribution in [0.25, 0.3) is 0 Å². The Morgan fingerprint density at radius 2 is 1.64 bits per heavy atom. The molecular formula is C20H19F3N2O3. The maximum Gasteiger partial charge on any atom is 0.416 e. The van der Waals surface area contributed by atoms with Gasteiger partial charge in [-0.2, -0.15) is 13.2 Å². The predicted octanol–water partition coefficient (Wildman–Crippen LogP) is 2.68. The molecule has 2 aromatic carbocycles. The Labute approximate surface area is 159 Å². The molecule has 0 radical (unpaired) electrons. The first-order chi connectivity index (χ1) is 13.2. The average molecular weight is 392 g/mol. The number of carbonyl (C=O) groups is 2. The van der Waals surface area contributed by atoms with E-state index in [9.17, 15) is 27.9 Å². The van der Waals surface area contributed by atoms with Crippen molar-refractivity contribution in [2.45, 2.75) is 31.0 Å². The topological polar surface area (TPSA) is 78.4 Å². The van der Waals surface area contributed by atoms with Gasteiger partial charge in [0.1, 0.15) is 0 Å². The van der Waals surface area contributed by atoms with Gasteiger partial charge in [-0.05, 0) is 48.2 Å². The minimum Gasteiger partial charge on any atom is -0.388 e. The predicted molar refractivity (Wildman–Crippen MR) is 96.5 cm³/mol. The van der Waals surface area contributed by atoms with Crippen LogP contribution in [0.15, 0.2) is 48.5 Å². The lowest BCUT2D eigenvalue weighted by Gasteiger charge is -2.33. The Morgan fingerprint density at radius 3 is 2.29 bits per heavy atom. The van der Waals surface area contributed by atoms with Crippen molar-refractivity contribution in [1.29, 1.82) is 0 Å². The summed E-state index contributed by atoms with van der Waals surface area (Å²) in [6.07, 6.45) is -3.00. The van der Waals surface area contributed by atoms with Gasteiger partial charge in [0.25, 0.3) is 0 Å². The number of fused-ring (bicyclic) bond motifs is 1. The van der Waals surface area contributed by atoms with E-state index in [-0.39, 0.29) is 12.2 Å². The third-order valence-corrected chi connectivity index (χ3v) is 4.75. The van der Waals surface area contributed by atoms with E-state index in [1.807, 2.05) is 24.3 Å². The Balaban J connectivity index is 1.54. The largest absolute Gasteiger partial charge is 0.416 e. The summed E-state index contributed by atoms with van der Waals surface area (Å²) in [5, 5.41) is 15.3. The molecule has 0 fully saturated rings. The van der Waals surface area contributed by atoms with E-state index in [4.69, 9.17) is 0 Å². The summed E-state index contributed by atoms with van der Waals surface area (Å²) >= 11 is 0. The fourth-order valence-corrected chi connectivity index (χ4v) is 3.19. The first-order valence-corrected chi connectivity index (χ1v) is 8.72. The minimum absolute atomic E-state index is 0.0680. The molecule has 1 aliphatic rings. The molecule has 1 aliphatic carbocycles. The first kappa shape index (κ1) is 19.9. The molecule has 3 N–H and O–H groups in total. The number of hydrogen-bond donors (Lipinski definition) is 3. The molecule has 28 heavy (non-hydrogen) atoms. The molecule has 1 unspecified atom stereocenters. The standard InChI is InChI=1S/C20H19F3N2O3/c21-20(22,23)15-5-7-16(8-6-15)25-18(27)17(26)24-12-19(28)10-9-13-3-1-2-4-14(13)11-19/h1-8,28H,9-12H2,(H,24,26)(H,25,27). The summed E-state index contributed by atoms with van der Waals surface area (Å²) in [6.45, 7) is -0.0966. The van der Waals surface area contributed by atoms with Crippen LogP contribution in [0.2, 0.25) is 0 Å². The second-order valence-electron chi connectivity index (χ2n) is 6.88.